The first kappa shape index (κ1) is 19.4. The maximum atomic E-state index is 12.7. The van der Waals surface area contributed by atoms with Crippen LogP contribution in [-0.2, 0) is 0 Å². The number of amides is 2. The quantitative estimate of drug-likeness (QED) is 0.785. The molecule has 0 saturated carbocycles. The van der Waals surface area contributed by atoms with Crippen LogP contribution in [0.5, 0.6) is 5.75 Å². The average Bonchev–Trinajstić information content (AvgIpc) is 2.67. The Labute approximate surface area is 154 Å². The van der Waals surface area contributed by atoms with Gasteiger partial charge in [0.1, 0.15) is 11.4 Å². The fourth-order valence-electron chi connectivity index (χ4n) is 2.65. The van der Waals surface area contributed by atoms with Gasteiger partial charge in [-0.3, -0.25) is 14.6 Å². The van der Waals surface area contributed by atoms with Crippen molar-refractivity contribution in [3.63, 3.8) is 0 Å². The second-order valence-electron chi connectivity index (χ2n) is 5.88. The van der Waals surface area contributed by atoms with Crippen molar-refractivity contribution in [2.45, 2.75) is 26.7 Å². The van der Waals surface area contributed by atoms with Crippen LogP contribution in [0.1, 0.15) is 47.5 Å². The lowest BCUT2D eigenvalue weighted by Crippen LogP contribution is -2.33. The van der Waals surface area contributed by atoms with E-state index in [1.807, 2.05) is 26.0 Å². The van der Waals surface area contributed by atoms with Gasteiger partial charge in [0.25, 0.3) is 11.8 Å². The number of anilines is 1. The Kier molecular flexibility index (Phi) is 7.14. The number of rotatable bonds is 8. The lowest BCUT2D eigenvalue weighted by Gasteiger charge is -2.21. The van der Waals surface area contributed by atoms with Gasteiger partial charge in [0.05, 0.1) is 12.8 Å². The third-order valence-electron chi connectivity index (χ3n) is 3.87. The van der Waals surface area contributed by atoms with E-state index in [0.717, 1.165) is 12.8 Å². The molecule has 2 rings (SSSR count). The minimum Gasteiger partial charge on any atom is -0.495 e. The number of para-hydroxylation sites is 2. The molecular weight excluding hydrogens is 330 g/mol. The maximum absolute atomic E-state index is 12.7. The van der Waals surface area contributed by atoms with Crippen LogP contribution in [0.25, 0.3) is 0 Å². The van der Waals surface area contributed by atoms with E-state index >= 15 is 0 Å². The third kappa shape index (κ3) is 4.81. The number of hydrogen-bond acceptors (Lipinski definition) is 4. The fourth-order valence-corrected chi connectivity index (χ4v) is 2.65. The molecule has 6 nitrogen and oxygen atoms in total. The zero-order chi connectivity index (χ0) is 18.9. The fraction of sp³-hybridized carbons (Fsp3) is 0.350. The molecule has 26 heavy (non-hydrogen) atoms. The van der Waals surface area contributed by atoms with E-state index in [1.165, 1.54) is 12.3 Å². The van der Waals surface area contributed by atoms with E-state index in [2.05, 4.69) is 10.3 Å². The molecule has 0 bridgehead atoms. The third-order valence-corrected chi connectivity index (χ3v) is 3.87. The highest BCUT2D eigenvalue weighted by Gasteiger charge is 2.18. The van der Waals surface area contributed by atoms with E-state index in [0.29, 0.717) is 30.1 Å². The van der Waals surface area contributed by atoms with Crippen molar-refractivity contribution in [3.05, 3.63) is 53.9 Å². The SMILES string of the molecule is CCCN(CCC)C(=O)c1cc(C(=O)Nc2ccccc2OC)ccn1. The van der Waals surface area contributed by atoms with Gasteiger partial charge in [0, 0.05) is 24.8 Å². The van der Waals surface area contributed by atoms with Crippen LogP contribution in [0.4, 0.5) is 5.69 Å². The molecular formula is C20H25N3O3. The molecule has 0 aliphatic heterocycles. The summed E-state index contributed by atoms with van der Waals surface area (Å²) in [6.07, 6.45) is 3.24. The van der Waals surface area contributed by atoms with Gasteiger partial charge in [-0.05, 0) is 37.1 Å². The predicted octanol–water partition coefficient (Wildman–Crippen LogP) is 3.60. The summed E-state index contributed by atoms with van der Waals surface area (Å²) in [5.74, 6) is 0.104. The summed E-state index contributed by atoms with van der Waals surface area (Å²) in [7, 11) is 1.55. The van der Waals surface area contributed by atoms with Crippen molar-refractivity contribution >= 4 is 17.5 Å². The van der Waals surface area contributed by atoms with Gasteiger partial charge < -0.3 is 15.0 Å². The molecule has 2 aromatic rings. The molecule has 0 radical (unpaired) electrons. The number of ether oxygens (including phenoxy) is 1. The number of pyridine rings is 1. The first-order valence-corrected chi connectivity index (χ1v) is 8.80. The summed E-state index contributed by atoms with van der Waals surface area (Å²) < 4.78 is 5.24. The van der Waals surface area contributed by atoms with Crippen molar-refractivity contribution in [3.8, 4) is 5.75 Å². The second-order valence-corrected chi connectivity index (χ2v) is 5.88. The number of carbonyl (C=O) groups excluding carboxylic acids is 2. The Morgan fingerprint density at radius 3 is 2.46 bits per heavy atom. The number of nitrogens with zero attached hydrogens (tertiary/aromatic N) is 2. The highest BCUT2D eigenvalue weighted by atomic mass is 16.5. The summed E-state index contributed by atoms with van der Waals surface area (Å²) in [5, 5.41) is 2.81. The van der Waals surface area contributed by atoms with Crippen molar-refractivity contribution in [1.29, 1.82) is 0 Å². The molecule has 0 atom stereocenters. The number of methoxy groups -OCH3 is 1. The molecule has 0 fully saturated rings. The summed E-state index contributed by atoms with van der Waals surface area (Å²) in [4.78, 5) is 31.1. The Hall–Kier alpha value is -2.89. The lowest BCUT2D eigenvalue weighted by atomic mass is 10.2. The van der Waals surface area contributed by atoms with Gasteiger partial charge in [-0.15, -0.1) is 0 Å². The Balaban J connectivity index is 2.19. The Morgan fingerprint density at radius 1 is 1.12 bits per heavy atom. The topological polar surface area (TPSA) is 71.5 Å². The van der Waals surface area contributed by atoms with Gasteiger partial charge >= 0.3 is 0 Å². The molecule has 0 aliphatic carbocycles. The zero-order valence-corrected chi connectivity index (χ0v) is 15.5. The number of nitrogens with one attached hydrogen (secondary N) is 1. The van der Waals surface area contributed by atoms with Crippen molar-refractivity contribution in [2.24, 2.45) is 0 Å². The van der Waals surface area contributed by atoms with Crippen LogP contribution < -0.4 is 10.1 Å². The standard InChI is InChI=1S/C20H25N3O3/c1-4-12-23(13-5-2)20(25)17-14-15(10-11-21-17)19(24)22-16-8-6-7-9-18(16)26-3/h6-11,14H,4-5,12-13H2,1-3H3,(H,22,24). The minimum absolute atomic E-state index is 0.152. The first-order valence-electron chi connectivity index (χ1n) is 8.80. The normalized spacial score (nSPS) is 10.3. The summed E-state index contributed by atoms with van der Waals surface area (Å²) >= 11 is 0. The Bertz CT molecular complexity index is 755. The molecule has 0 unspecified atom stereocenters. The molecule has 1 aromatic heterocycles. The summed E-state index contributed by atoms with van der Waals surface area (Å²) in [6.45, 7) is 5.40. The van der Waals surface area contributed by atoms with E-state index in [-0.39, 0.29) is 17.5 Å². The number of aromatic nitrogens is 1. The average molecular weight is 355 g/mol. The highest BCUT2D eigenvalue weighted by molar-refractivity contribution is 6.06. The van der Waals surface area contributed by atoms with Gasteiger partial charge in [-0.25, -0.2) is 0 Å². The summed E-state index contributed by atoms with van der Waals surface area (Å²) in [6, 6.07) is 10.3. The summed E-state index contributed by atoms with van der Waals surface area (Å²) in [5.41, 5.74) is 1.23. The molecule has 0 spiro atoms. The molecule has 0 saturated heterocycles. The Morgan fingerprint density at radius 2 is 1.81 bits per heavy atom. The predicted molar refractivity (Wildman–Crippen MR) is 102 cm³/mol. The second kappa shape index (κ2) is 9.56. The molecule has 1 heterocycles. The van der Waals surface area contributed by atoms with E-state index < -0.39 is 0 Å². The smallest absolute Gasteiger partial charge is 0.272 e. The molecule has 0 aliphatic rings. The van der Waals surface area contributed by atoms with Crippen molar-refractivity contribution < 1.29 is 14.3 Å². The van der Waals surface area contributed by atoms with Crippen molar-refractivity contribution in [1.82, 2.24) is 9.88 Å². The van der Waals surface area contributed by atoms with Crippen LogP contribution in [0.2, 0.25) is 0 Å². The molecule has 1 aromatic carbocycles. The van der Waals surface area contributed by atoms with Crippen LogP contribution >= 0.6 is 0 Å². The van der Waals surface area contributed by atoms with E-state index in [9.17, 15) is 9.59 Å². The van der Waals surface area contributed by atoms with Crippen LogP contribution in [0, 0.1) is 0 Å². The van der Waals surface area contributed by atoms with Crippen LogP contribution in [0.15, 0.2) is 42.6 Å². The maximum Gasteiger partial charge on any atom is 0.272 e. The highest BCUT2D eigenvalue weighted by Crippen LogP contribution is 2.23. The zero-order valence-electron chi connectivity index (χ0n) is 15.5. The van der Waals surface area contributed by atoms with E-state index in [4.69, 9.17) is 4.74 Å². The number of carbonyl (C=O) groups is 2. The monoisotopic (exact) mass is 355 g/mol. The van der Waals surface area contributed by atoms with Gasteiger partial charge in [0.15, 0.2) is 0 Å². The van der Waals surface area contributed by atoms with Gasteiger partial charge in [-0.2, -0.15) is 0 Å². The molecule has 2 amide bonds. The van der Waals surface area contributed by atoms with Crippen LogP contribution in [0.3, 0.4) is 0 Å². The number of benzene rings is 1. The largest absolute Gasteiger partial charge is 0.495 e. The van der Waals surface area contributed by atoms with E-state index in [1.54, 1.807) is 30.2 Å². The van der Waals surface area contributed by atoms with Gasteiger partial charge in [-0.1, -0.05) is 26.0 Å². The minimum atomic E-state index is -0.316. The lowest BCUT2D eigenvalue weighted by molar-refractivity contribution is 0.0749. The number of hydrogen-bond donors (Lipinski definition) is 1. The first-order chi connectivity index (χ1) is 12.6. The molecule has 138 valence electrons. The molecule has 6 heteroatoms. The van der Waals surface area contributed by atoms with Crippen molar-refractivity contribution in [2.75, 3.05) is 25.5 Å². The van der Waals surface area contributed by atoms with Gasteiger partial charge in [0.2, 0.25) is 0 Å². The van der Waals surface area contributed by atoms with Crippen LogP contribution in [-0.4, -0.2) is 41.9 Å². The molecule has 1 N–H and O–H groups in total.